The maximum Gasteiger partial charge on any atom is 0.217 e. The highest BCUT2D eigenvalue weighted by molar-refractivity contribution is 7.90. The van der Waals surface area contributed by atoms with Gasteiger partial charge in [-0.3, -0.25) is 0 Å². The molecular weight excluding hydrogens is 342 g/mol. The van der Waals surface area contributed by atoms with Gasteiger partial charge in [-0.05, 0) is 18.9 Å². The molecule has 9 heteroatoms. The summed E-state index contributed by atoms with van der Waals surface area (Å²) in [5, 5.41) is 3.79. The van der Waals surface area contributed by atoms with Crippen LogP contribution in [0, 0.1) is 0 Å². The van der Waals surface area contributed by atoms with Gasteiger partial charge in [0.15, 0.2) is 5.75 Å². The van der Waals surface area contributed by atoms with Crippen LogP contribution in [-0.2, 0) is 10.0 Å². The van der Waals surface area contributed by atoms with Gasteiger partial charge < -0.3 is 19.9 Å². The van der Waals surface area contributed by atoms with Crippen molar-refractivity contribution in [2.24, 2.45) is 0 Å². The highest BCUT2D eigenvalue weighted by Gasteiger charge is 2.41. The largest absolute Gasteiger partial charge is 0.488 e. The first-order valence-corrected chi connectivity index (χ1v) is 10.2. The minimum atomic E-state index is -3.19. The number of nitrogens with zero attached hydrogens (tertiary/aromatic N) is 2. The fraction of sp³-hybridized carbons (Fsp3) is 0.562. The lowest BCUT2D eigenvalue weighted by Crippen LogP contribution is -2.60. The van der Waals surface area contributed by atoms with Gasteiger partial charge in [-0.25, -0.2) is 18.1 Å². The number of nitrogens with one attached hydrogen (secondary N) is 3. The normalized spacial score (nSPS) is 26.6. The first-order chi connectivity index (χ1) is 12.1. The Bertz CT molecular complexity index is 902. The van der Waals surface area contributed by atoms with Gasteiger partial charge in [0.1, 0.15) is 17.5 Å². The number of aromatic nitrogens is 2. The molecule has 2 aliphatic heterocycles. The van der Waals surface area contributed by atoms with Crippen LogP contribution in [-0.4, -0.2) is 62.0 Å². The molecule has 0 atom stereocenters. The molecule has 3 aliphatic rings. The van der Waals surface area contributed by atoms with Gasteiger partial charge in [-0.15, -0.1) is 0 Å². The van der Waals surface area contributed by atoms with Crippen molar-refractivity contribution >= 4 is 26.7 Å². The molecule has 0 unspecified atom stereocenters. The van der Waals surface area contributed by atoms with Crippen LogP contribution < -0.4 is 19.7 Å². The van der Waals surface area contributed by atoms with E-state index in [1.807, 2.05) is 12.3 Å². The molecule has 8 nitrogen and oxygen atoms in total. The van der Waals surface area contributed by atoms with Crippen molar-refractivity contribution in [2.45, 2.75) is 30.2 Å². The molecule has 0 radical (unpaired) electrons. The number of hydrogen-bond donors (Lipinski definition) is 3. The molecule has 1 saturated carbocycles. The second-order valence-electron chi connectivity index (χ2n) is 7.02. The Hall–Kier alpha value is -1.84. The Balaban J connectivity index is 1.33. The number of hydrogen-bond acceptors (Lipinski definition) is 6. The lowest BCUT2D eigenvalue weighted by atomic mass is 9.85. The lowest BCUT2D eigenvalue weighted by Gasteiger charge is -2.46. The van der Waals surface area contributed by atoms with E-state index < -0.39 is 10.0 Å². The smallest absolute Gasteiger partial charge is 0.217 e. The average molecular weight is 363 g/mol. The number of rotatable bonds is 4. The van der Waals surface area contributed by atoms with Crippen molar-refractivity contribution in [1.82, 2.24) is 20.0 Å². The van der Waals surface area contributed by atoms with Crippen LogP contribution >= 0.6 is 0 Å². The maximum absolute atomic E-state index is 12.2. The highest BCUT2D eigenvalue weighted by Crippen LogP contribution is 2.41. The maximum atomic E-state index is 12.2. The molecule has 0 spiro atoms. The van der Waals surface area contributed by atoms with Crippen LogP contribution in [0.25, 0.3) is 11.0 Å². The standard InChI is InChI=1S/C16H21N5O3S/c22-25(23,12-7-17-8-12)20-10-5-11(6-10)21-3-4-24-14-9-19-16-13(15(14)21)1-2-18-16/h1-2,9-12,17,20H,3-8H2,(H,18,19). The molecule has 1 saturated heterocycles. The summed E-state index contributed by atoms with van der Waals surface area (Å²) in [6.45, 7) is 2.56. The van der Waals surface area contributed by atoms with E-state index in [9.17, 15) is 8.42 Å². The molecule has 134 valence electrons. The third-order valence-electron chi connectivity index (χ3n) is 5.47. The minimum absolute atomic E-state index is 0.0328. The van der Waals surface area contributed by atoms with E-state index in [1.165, 1.54) is 0 Å². The Morgan fingerprint density at radius 1 is 1.32 bits per heavy atom. The summed E-state index contributed by atoms with van der Waals surface area (Å²) in [5.74, 6) is 0.808. The van der Waals surface area contributed by atoms with Crippen LogP contribution in [0.4, 0.5) is 5.69 Å². The summed E-state index contributed by atoms with van der Waals surface area (Å²) in [4.78, 5) is 9.88. The Labute approximate surface area is 146 Å². The van der Waals surface area contributed by atoms with Gasteiger partial charge in [-0.1, -0.05) is 0 Å². The predicted octanol–water partition coefficient (Wildman–Crippen LogP) is 0.184. The fourth-order valence-electron chi connectivity index (χ4n) is 3.86. The van der Waals surface area contributed by atoms with Gasteiger partial charge in [0.25, 0.3) is 0 Å². The van der Waals surface area contributed by atoms with Crippen molar-refractivity contribution < 1.29 is 13.2 Å². The van der Waals surface area contributed by atoms with E-state index in [4.69, 9.17) is 4.74 Å². The summed E-state index contributed by atoms with van der Waals surface area (Å²) in [7, 11) is -3.19. The zero-order chi connectivity index (χ0) is 17.0. The molecule has 0 bridgehead atoms. The molecule has 1 aliphatic carbocycles. The zero-order valence-corrected chi connectivity index (χ0v) is 14.6. The van der Waals surface area contributed by atoms with E-state index in [1.54, 1.807) is 6.20 Å². The average Bonchev–Trinajstić information content (AvgIpc) is 2.96. The Morgan fingerprint density at radius 2 is 2.16 bits per heavy atom. The summed E-state index contributed by atoms with van der Waals surface area (Å²) in [6.07, 6.45) is 5.30. The van der Waals surface area contributed by atoms with E-state index in [0.717, 1.165) is 41.9 Å². The Kier molecular flexibility index (Phi) is 3.44. The van der Waals surface area contributed by atoms with Crippen LogP contribution in [0.2, 0.25) is 0 Å². The number of anilines is 1. The summed E-state index contributed by atoms with van der Waals surface area (Å²) in [6, 6.07) is 2.38. The van der Waals surface area contributed by atoms with Gasteiger partial charge in [0, 0.05) is 36.8 Å². The first-order valence-electron chi connectivity index (χ1n) is 8.69. The second kappa shape index (κ2) is 5.58. The van der Waals surface area contributed by atoms with Crippen LogP contribution in [0.5, 0.6) is 5.75 Å². The molecule has 3 N–H and O–H groups in total. The number of fused-ring (bicyclic) bond motifs is 3. The van der Waals surface area contributed by atoms with Gasteiger partial charge in [0.2, 0.25) is 10.0 Å². The van der Waals surface area contributed by atoms with E-state index in [2.05, 4.69) is 24.9 Å². The lowest BCUT2D eigenvalue weighted by molar-refractivity contribution is 0.257. The molecule has 5 rings (SSSR count). The van der Waals surface area contributed by atoms with Gasteiger partial charge in [0.05, 0.1) is 18.4 Å². The number of pyridine rings is 1. The van der Waals surface area contributed by atoms with Crippen LogP contribution in [0.1, 0.15) is 12.8 Å². The number of ether oxygens (including phenoxy) is 1. The molecule has 2 fully saturated rings. The molecule has 4 heterocycles. The molecule has 0 amide bonds. The number of H-pyrrole nitrogens is 1. The third kappa shape index (κ3) is 2.49. The van der Waals surface area contributed by atoms with Crippen LogP contribution in [0.15, 0.2) is 18.5 Å². The SMILES string of the molecule is O=S(=O)(NC1CC(N2CCOc3cnc4[nH]ccc4c32)C1)C1CNC1. The van der Waals surface area contributed by atoms with E-state index >= 15 is 0 Å². The van der Waals surface area contributed by atoms with Crippen molar-refractivity contribution in [1.29, 1.82) is 0 Å². The quantitative estimate of drug-likeness (QED) is 0.717. The topological polar surface area (TPSA) is 99.3 Å². The predicted molar refractivity (Wildman–Crippen MR) is 94.5 cm³/mol. The van der Waals surface area contributed by atoms with Crippen molar-refractivity contribution in [3.8, 4) is 5.75 Å². The summed E-state index contributed by atoms with van der Waals surface area (Å²) in [5.41, 5.74) is 1.93. The fourth-order valence-corrected chi connectivity index (χ4v) is 5.38. The van der Waals surface area contributed by atoms with Crippen molar-refractivity contribution in [2.75, 3.05) is 31.1 Å². The van der Waals surface area contributed by atoms with Gasteiger partial charge in [-0.2, -0.15) is 0 Å². The number of aromatic amines is 1. The highest BCUT2D eigenvalue weighted by atomic mass is 32.2. The molecule has 2 aromatic heterocycles. The third-order valence-corrected chi connectivity index (χ3v) is 7.34. The molecule has 25 heavy (non-hydrogen) atoms. The first kappa shape index (κ1) is 15.4. The number of sulfonamides is 1. The summed E-state index contributed by atoms with van der Waals surface area (Å²) >= 11 is 0. The van der Waals surface area contributed by atoms with E-state index in [-0.39, 0.29) is 11.3 Å². The summed E-state index contributed by atoms with van der Waals surface area (Å²) < 4.78 is 33.1. The zero-order valence-electron chi connectivity index (χ0n) is 13.7. The molecule has 0 aromatic carbocycles. The molecule has 2 aromatic rings. The van der Waals surface area contributed by atoms with Gasteiger partial charge >= 0.3 is 0 Å². The Morgan fingerprint density at radius 3 is 2.92 bits per heavy atom. The second-order valence-corrected chi connectivity index (χ2v) is 9.01. The van der Waals surface area contributed by atoms with E-state index in [0.29, 0.717) is 25.7 Å². The molecular formula is C16H21N5O3S. The van der Waals surface area contributed by atoms with Crippen molar-refractivity contribution in [3.63, 3.8) is 0 Å². The van der Waals surface area contributed by atoms with Crippen molar-refractivity contribution in [3.05, 3.63) is 18.5 Å². The minimum Gasteiger partial charge on any atom is -0.488 e. The monoisotopic (exact) mass is 363 g/mol. The van der Waals surface area contributed by atoms with Crippen LogP contribution in [0.3, 0.4) is 0 Å².